The highest BCUT2D eigenvalue weighted by molar-refractivity contribution is 5.19. The van der Waals surface area contributed by atoms with Crippen molar-refractivity contribution in [2.75, 3.05) is 19.6 Å². The first-order valence-electron chi connectivity index (χ1n) is 7.73. The smallest absolute Gasteiger partial charge is 0.0333 e. The minimum absolute atomic E-state index is 0.156. The highest BCUT2D eigenvalue weighted by Crippen LogP contribution is 2.24. The van der Waals surface area contributed by atoms with Crippen LogP contribution >= 0.6 is 0 Å². The second-order valence-corrected chi connectivity index (χ2v) is 6.09. The summed E-state index contributed by atoms with van der Waals surface area (Å²) >= 11 is 0. The normalized spacial score (nSPS) is 24.1. The Labute approximate surface area is 118 Å². The van der Waals surface area contributed by atoms with Crippen LogP contribution in [0.2, 0.25) is 0 Å². The second-order valence-electron chi connectivity index (χ2n) is 6.09. The van der Waals surface area contributed by atoms with Crippen LogP contribution in [0.5, 0.6) is 0 Å². The van der Waals surface area contributed by atoms with Crippen LogP contribution in [0.1, 0.15) is 44.7 Å². The number of benzene rings is 1. The Morgan fingerprint density at radius 2 is 2.05 bits per heavy atom. The molecule has 2 N–H and O–H groups in total. The molecule has 19 heavy (non-hydrogen) atoms. The quantitative estimate of drug-likeness (QED) is 0.878. The molecule has 0 bridgehead atoms. The van der Waals surface area contributed by atoms with Gasteiger partial charge in [0.2, 0.25) is 0 Å². The zero-order valence-corrected chi connectivity index (χ0v) is 12.4. The largest absolute Gasteiger partial charge is 0.324 e. The van der Waals surface area contributed by atoms with Crippen molar-refractivity contribution in [3.8, 4) is 0 Å². The van der Waals surface area contributed by atoms with Crippen molar-refractivity contribution in [1.82, 2.24) is 4.90 Å². The molecule has 0 aromatic heterocycles. The van der Waals surface area contributed by atoms with Crippen LogP contribution < -0.4 is 5.73 Å². The Morgan fingerprint density at radius 1 is 1.32 bits per heavy atom. The molecule has 0 radical (unpaired) electrons. The lowest BCUT2D eigenvalue weighted by Gasteiger charge is -2.35. The molecule has 1 aliphatic heterocycles. The summed E-state index contributed by atoms with van der Waals surface area (Å²) in [6.45, 7) is 8.25. The van der Waals surface area contributed by atoms with E-state index in [2.05, 4.69) is 49.1 Å². The third kappa shape index (κ3) is 4.05. The predicted molar refractivity (Wildman–Crippen MR) is 82.0 cm³/mol. The van der Waals surface area contributed by atoms with Gasteiger partial charge < -0.3 is 10.6 Å². The first kappa shape index (κ1) is 14.5. The maximum atomic E-state index is 6.40. The number of hydrogen-bond donors (Lipinski definition) is 1. The first-order chi connectivity index (χ1) is 9.20. The van der Waals surface area contributed by atoms with E-state index in [0.717, 1.165) is 12.5 Å². The van der Waals surface area contributed by atoms with Crippen LogP contribution in [0.3, 0.4) is 0 Å². The molecule has 2 rings (SSSR count). The van der Waals surface area contributed by atoms with Crippen LogP contribution in [-0.2, 0) is 0 Å². The molecule has 106 valence electrons. The Bertz CT molecular complexity index is 363. The van der Waals surface area contributed by atoms with Crippen molar-refractivity contribution in [3.63, 3.8) is 0 Å². The summed E-state index contributed by atoms with van der Waals surface area (Å²) in [4.78, 5) is 2.62. The predicted octanol–water partition coefficient (Wildman–Crippen LogP) is 3.44. The number of piperidine rings is 1. The van der Waals surface area contributed by atoms with Gasteiger partial charge in [0.05, 0.1) is 0 Å². The fourth-order valence-corrected chi connectivity index (χ4v) is 3.17. The van der Waals surface area contributed by atoms with Crippen LogP contribution in [-0.4, -0.2) is 24.5 Å². The molecule has 0 saturated carbocycles. The van der Waals surface area contributed by atoms with Gasteiger partial charge in [-0.1, -0.05) is 50.6 Å². The van der Waals surface area contributed by atoms with E-state index in [1.807, 2.05) is 0 Å². The Morgan fingerprint density at radius 3 is 2.74 bits per heavy atom. The summed E-state index contributed by atoms with van der Waals surface area (Å²) < 4.78 is 0. The average Bonchev–Trinajstić information content (AvgIpc) is 2.47. The maximum Gasteiger partial charge on any atom is 0.0333 e. The fraction of sp³-hybridized carbons (Fsp3) is 0.647. The van der Waals surface area contributed by atoms with Crippen molar-refractivity contribution in [2.45, 2.75) is 39.2 Å². The van der Waals surface area contributed by atoms with E-state index in [9.17, 15) is 0 Å². The van der Waals surface area contributed by atoms with Gasteiger partial charge in [0.15, 0.2) is 0 Å². The number of nitrogens with two attached hydrogens (primary N) is 1. The van der Waals surface area contributed by atoms with Crippen molar-refractivity contribution < 1.29 is 0 Å². The van der Waals surface area contributed by atoms with Gasteiger partial charge in [-0.15, -0.1) is 0 Å². The van der Waals surface area contributed by atoms with Gasteiger partial charge in [-0.05, 0) is 36.8 Å². The average molecular weight is 260 g/mol. The summed E-state index contributed by atoms with van der Waals surface area (Å²) in [7, 11) is 0. The maximum absolute atomic E-state index is 6.40. The fourth-order valence-electron chi connectivity index (χ4n) is 3.17. The number of nitrogens with zero attached hydrogens (tertiary/aromatic N) is 1. The third-order valence-electron chi connectivity index (χ3n) is 4.52. The molecule has 1 aromatic carbocycles. The number of rotatable bonds is 5. The van der Waals surface area contributed by atoms with Crippen LogP contribution in [0.4, 0.5) is 0 Å². The van der Waals surface area contributed by atoms with E-state index >= 15 is 0 Å². The molecule has 3 unspecified atom stereocenters. The van der Waals surface area contributed by atoms with Crippen molar-refractivity contribution in [1.29, 1.82) is 0 Å². The zero-order valence-electron chi connectivity index (χ0n) is 12.4. The lowest BCUT2D eigenvalue weighted by Crippen LogP contribution is -2.40. The molecule has 0 spiro atoms. The Hall–Kier alpha value is -0.860. The third-order valence-corrected chi connectivity index (χ3v) is 4.52. The van der Waals surface area contributed by atoms with Crippen molar-refractivity contribution in [2.24, 2.45) is 17.6 Å². The summed E-state index contributed by atoms with van der Waals surface area (Å²) in [5, 5.41) is 0. The molecule has 1 aromatic rings. The minimum Gasteiger partial charge on any atom is -0.324 e. The van der Waals surface area contributed by atoms with E-state index in [1.54, 1.807) is 0 Å². The Balaban J connectivity index is 1.88. The monoisotopic (exact) mass is 260 g/mol. The molecule has 1 fully saturated rings. The number of hydrogen-bond acceptors (Lipinski definition) is 2. The zero-order chi connectivity index (χ0) is 13.7. The van der Waals surface area contributed by atoms with Crippen molar-refractivity contribution >= 4 is 0 Å². The van der Waals surface area contributed by atoms with Gasteiger partial charge in [-0.2, -0.15) is 0 Å². The summed E-state index contributed by atoms with van der Waals surface area (Å²) in [5.41, 5.74) is 7.66. The minimum atomic E-state index is 0.156. The van der Waals surface area contributed by atoms with E-state index in [-0.39, 0.29) is 6.04 Å². The van der Waals surface area contributed by atoms with E-state index < -0.39 is 0 Å². The SMILES string of the molecule is CCC1CCCN(CC(C)C(N)c2ccccc2)C1. The van der Waals surface area contributed by atoms with Gasteiger partial charge in [-0.3, -0.25) is 0 Å². The molecular formula is C17H28N2. The van der Waals surface area contributed by atoms with E-state index in [4.69, 9.17) is 5.73 Å². The van der Waals surface area contributed by atoms with Crippen molar-refractivity contribution in [3.05, 3.63) is 35.9 Å². The molecule has 2 heteroatoms. The van der Waals surface area contributed by atoms with E-state index in [0.29, 0.717) is 5.92 Å². The summed E-state index contributed by atoms with van der Waals surface area (Å²) in [6.07, 6.45) is 4.08. The van der Waals surface area contributed by atoms with Gasteiger partial charge >= 0.3 is 0 Å². The molecule has 1 heterocycles. The standard InChI is InChI=1S/C17H28N2/c1-3-15-8-7-11-19(13-15)12-14(2)17(18)16-9-5-4-6-10-16/h4-6,9-10,14-15,17H,3,7-8,11-13,18H2,1-2H3. The Kier molecular flexibility index (Phi) is 5.41. The van der Waals surface area contributed by atoms with Crippen LogP contribution in [0.15, 0.2) is 30.3 Å². The first-order valence-corrected chi connectivity index (χ1v) is 7.73. The lowest BCUT2D eigenvalue weighted by atomic mass is 9.92. The van der Waals surface area contributed by atoms with Gasteiger partial charge in [0.1, 0.15) is 0 Å². The number of likely N-dealkylation sites (tertiary alicyclic amines) is 1. The van der Waals surface area contributed by atoms with Gasteiger partial charge in [0.25, 0.3) is 0 Å². The lowest BCUT2D eigenvalue weighted by molar-refractivity contribution is 0.145. The molecule has 3 atom stereocenters. The van der Waals surface area contributed by atoms with Gasteiger partial charge in [0, 0.05) is 19.1 Å². The summed E-state index contributed by atoms with van der Waals surface area (Å²) in [6, 6.07) is 10.7. The summed E-state index contributed by atoms with van der Waals surface area (Å²) in [5.74, 6) is 1.41. The van der Waals surface area contributed by atoms with Crippen LogP contribution in [0.25, 0.3) is 0 Å². The highest BCUT2D eigenvalue weighted by Gasteiger charge is 2.22. The topological polar surface area (TPSA) is 29.3 Å². The van der Waals surface area contributed by atoms with E-state index in [1.165, 1.54) is 37.9 Å². The molecule has 1 saturated heterocycles. The van der Waals surface area contributed by atoms with Crippen LogP contribution in [0, 0.1) is 11.8 Å². The molecule has 0 aliphatic carbocycles. The highest BCUT2D eigenvalue weighted by atomic mass is 15.1. The second kappa shape index (κ2) is 7.06. The molecule has 0 amide bonds. The molecule has 1 aliphatic rings. The molecular weight excluding hydrogens is 232 g/mol. The van der Waals surface area contributed by atoms with Gasteiger partial charge in [-0.25, -0.2) is 0 Å². The molecule has 2 nitrogen and oxygen atoms in total.